The van der Waals surface area contributed by atoms with E-state index < -0.39 is 61.3 Å². The Bertz CT molecular complexity index is 1220. The van der Waals surface area contributed by atoms with Crippen LogP contribution in [0, 0.1) is 5.92 Å². The van der Waals surface area contributed by atoms with Gasteiger partial charge in [0.2, 0.25) is 11.8 Å². The number of aliphatic hydroxyl groups excluding tert-OH is 1. The molecule has 0 radical (unpaired) electrons. The van der Waals surface area contributed by atoms with Crippen molar-refractivity contribution in [1.82, 2.24) is 9.80 Å². The lowest BCUT2D eigenvalue weighted by Crippen LogP contribution is -2.59. The van der Waals surface area contributed by atoms with Crippen molar-refractivity contribution in [3.8, 4) is 0 Å². The molecule has 0 bridgehead atoms. The van der Waals surface area contributed by atoms with E-state index in [-0.39, 0.29) is 31.4 Å². The van der Waals surface area contributed by atoms with Crippen molar-refractivity contribution >= 4 is 17.9 Å². The number of halogens is 3. The van der Waals surface area contributed by atoms with Gasteiger partial charge >= 0.3 is 12.3 Å². The number of alkyl halides is 3. The minimum absolute atomic E-state index is 0.0600. The largest absolute Gasteiger partial charge is 0.444 e. The Morgan fingerprint density at radius 1 is 1.02 bits per heavy atom. The van der Waals surface area contributed by atoms with Crippen LogP contribution in [-0.2, 0) is 27.4 Å². The molecule has 5 N–H and O–H groups in total. The average Bonchev–Trinajstić information content (AvgIpc) is 3.55. The molecule has 1 saturated carbocycles. The number of carbonyl (C=O) groups excluding carboxylic acids is 3. The number of hydrogen-bond acceptors (Lipinski definition) is 7. The average molecular weight is 591 g/mol. The number of aliphatic hydroxyl groups is 1. The first kappa shape index (κ1) is 31.5. The quantitative estimate of drug-likeness (QED) is 0.366. The van der Waals surface area contributed by atoms with Crippen molar-refractivity contribution in [2.24, 2.45) is 17.4 Å². The molecular formula is C30H37F3N4O5. The monoisotopic (exact) mass is 590 g/mol. The molecule has 1 aliphatic heterocycles. The van der Waals surface area contributed by atoms with Gasteiger partial charge in [0.15, 0.2) is 0 Å². The van der Waals surface area contributed by atoms with Gasteiger partial charge in [0.05, 0.1) is 24.6 Å². The highest BCUT2D eigenvalue weighted by Crippen LogP contribution is 2.46. The van der Waals surface area contributed by atoms with Crippen molar-refractivity contribution < 1.29 is 37.4 Å². The zero-order valence-corrected chi connectivity index (χ0v) is 23.2. The third-order valence-corrected chi connectivity index (χ3v) is 8.19. The summed E-state index contributed by atoms with van der Waals surface area (Å²) < 4.78 is 47.7. The molecule has 1 heterocycles. The number of ether oxygens (including phenoxy) is 1. The summed E-state index contributed by atoms with van der Waals surface area (Å²) in [5.74, 6) is -2.06. The van der Waals surface area contributed by atoms with Crippen LogP contribution in [0.3, 0.4) is 0 Å². The van der Waals surface area contributed by atoms with Crippen LogP contribution < -0.4 is 11.5 Å². The fraction of sp³-hybridized carbons (Fsp3) is 0.500. The number of benzene rings is 2. The number of β-amino-alcohol motifs (C(OH)–C–C–N with tert-alkyl or cyclic N) is 1. The third kappa shape index (κ3) is 7.67. The van der Waals surface area contributed by atoms with Crippen molar-refractivity contribution in [1.29, 1.82) is 0 Å². The van der Waals surface area contributed by atoms with E-state index in [9.17, 15) is 32.7 Å². The summed E-state index contributed by atoms with van der Waals surface area (Å²) >= 11 is 0. The molecule has 2 aliphatic rings. The van der Waals surface area contributed by atoms with Gasteiger partial charge in [-0.25, -0.2) is 9.69 Å². The smallest absolute Gasteiger partial charge is 0.417 e. The van der Waals surface area contributed by atoms with Crippen LogP contribution in [0.25, 0.3) is 0 Å². The van der Waals surface area contributed by atoms with E-state index >= 15 is 0 Å². The van der Waals surface area contributed by atoms with Crippen molar-refractivity contribution in [3.05, 3.63) is 71.8 Å². The molecule has 4 rings (SSSR count). The molecule has 0 unspecified atom stereocenters. The van der Waals surface area contributed by atoms with Crippen molar-refractivity contribution in [2.75, 3.05) is 6.54 Å². The van der Waals surface area contributed by atoms with Crippen LogP contribution in [0.4, 0.5) is 18.0 Å². The maximum atomic E-state index is 14.1. The standard InChI is InChI=1S/C30H37F3N4O5/c31-30(32,33)26-15-21-12-7-13-23(21)36(26)17-25(38)24(14-19-8-3-1-4-9-19)37(28(40)22(34)16-27(35)39)29(41)42-18-20-10-5-2-6-11-20/h1-6,8-11,21-26,38H,7,12-18,34H2,(H2,35,39)/t21-,22-,23-,24-,25+,26-/m0/s1. The highest BCUT2D eigenvalue weighted by atomic mass is 19.4. The topological polar surface area (TPSA) is 139 Å². The van der Waals surface area contributed by atoms with Gasteiger partial charge in [-0.3, -0.25) is 14.5 Å². The molecule has 42 heavy (non-hydrogen) atoms. The molecule has 228 valence electrons. The predicted molar refractivity (Wildman–Crippen MR) is 147 cm³/mol. The van der Waals surface area contributed by atoms with Gasteiger partial charge in [0.25, 0.3) is 0 Å². The number of imide groups is 1. The Hall–Kier alpha value is -3.48. The second-order valence-corrected chi connectivity index (χ2v) is 11.1. The molecule has 0 aromatic heterocycles. The van der Waals surface area contributed by atoms with Gasteiger partial charge in [0, 0.05) is 12.6 Å². The number of nitrogens with two attached hydrogens (primary N) is 2. The highest BCUT2D eigenvalue weighted by Gasteiger charge is 2.55. The molecule has 1 aliphatic carbocycles. The number of nitrogens with zero attached hydrogens (tertiary/aromatic N) is 2. The summed E-state index contributed by atoms with van der Waals surface area (Å²) in [6, 6.07) is 12.3. The Morgan fingerprint density at radius 2 is 1.64 bits per heavy atom. The SMILES string of the molecule is NC(=O)C[C@H](N)C(=O)N(C(=O)OCc1ccccc1)[C@@H](Cc1ccccc1)[C@H](O)CN1[C@H](C(F)(F)F)C[C@@H]2CCC[C@@H]21. The third-order valence-electron chi connectivity index (χ3n) is 8.19. The van der Waals surface area contributed by atoms with Crippen molar-refractivity contribution in [3.63, 3.8) is 0 Å². The van der Waals surface area contributed by atoms with Gasteiger partial charge in [-0.15, -0.1) is 0 Å². The summed E-state index contributed by atoms with van der Waals surface area (Å²) in [6.07, 6.45) is -5.94. The van der Waals surface area contributed by atoms with Gasteiger partial charge in [-0.2, -0.15) is 13.2 Å². The minimum atomic E-state index is -4.51. The molecular weight excluding hydrogens is 553 g/mol. The van der Waals surface area contributed by atoms with E-state index in [1.54, 1.807) is 60.7 Å². The summed E-state index contributed by atoms with van der Waals surface area (Å²) in [7, 11) is 0. The van der Waals surface area contributed by atoms with Gasteiger partial charge in [0.1, 0.15) is 12.6 Å². The van der Waals surface area contributed by atoms with Gasteiger partial charge < -0.3 is 21.3 Å². The van der Waals surface area contributed by atoms with Crippen LogP contribution in [0.2, 0.25) is 0 Å². The summed E-state index contributed by atoms with van der Waals surface area (Å²) in [5.41, 5.74) is 12.5. The Kier molecular flexibility index (Phi) is 10.2. The molecule has 12 heteroatoms. The molecule has 9 nitrogen and oxygen atoms in total. The van der Waals surface area contributed by atoms with Crippen molar-refractivity contribution in [2.45, 2.75) is 81.6 Å². The predicted octanol–water partition coefficient (Wildman–Crippen LogP) is 3.13. The number of fused-ring (bicyclic) bond motifs is 1. The molecule has 2 fully saturated rings. The summed E-state index contributed by atoms with van der Waals surface area (Å²) in [6.45, 7) is -0.641. The second-order valence-electron chi connectivity index (χ2n) is 11.1. The number of primary amides is 1. The Morgan fingerprint density at radius 3 is 2.24 bits per heavy atom. The van der Waals surface area contributed by atoms with Crippen LogP contribution in [0.15, 0.2) is 60.7 Å². The maximum absolute atomic E-state index is 14.1. The zero-order chi connectivity index (χ0) is 30.4. The number of hydrogen-bond donors (Lipinski definition) is 3. The van der Waals surface area contributed by atoms with Crippen LogP contribution in [0.5, 0.6) is 0 Å². The molecule has 6 atom stereocenters. The summed E-state index contributed by atoms with van der Waals surface area (Å²) in [4.78, 5) is 40.6. The first-order valence-electron chi connectivity index (χ1n) is 14.1. The molecule has 1 saturated heterocycles. The maximum Gasteiger partial charge on any atom is 0.417 e. The molecule has 2 aromatic rings. The highest BCUT2D eigenvalue weighted by molar-refractivity contribution is 5.97. The van der Waals surface area contributed by atoms with E-state index in [0.717, 1.165) is 6.42 Å². The van der Waals surface area contributed by atoms with E-state index in [1.807, 2.05) is 0 Å². The van der Waals surface area contributed by atoms with E-state index in [2.05, 4.69) is 0 Å². The minimum Gasteiger partial charge on any atom is -0.444 e. The lowest BCUT2D eigenvalue weighted by molar-refractivity contribution is -0.183. The number of carbonyl (C=O) groups is 3. The number of rotatable bonds is 11. The van der Waals surface area contributed by atoms with Crippen LogP contribution in [-0.4, -0.2) is 75.8 Å². The zero-order valence-electron chi connectivity index (χ0n) is 23.2. The number of likely N-dealkylation sites (tertiary alicyclic amines) is 1. The Balaban J connectivity index is 1.67. The fourth-order valence-corrected chi connectivity index (χ4v) is 6.22. The number of amides is 3. The second kappa shape index (κ2) is 13.7. The van der Waals surface area contributed by atoms with Gasteiger partial charge in [-0.1, -0.05) is 67.1 Å². The lowest BCUT2D eigenvalue weighted by Gasteiger charge is -2.38. The normalized spacial score (nSPS) is 22.6. The summed E-state index contributed by atoms with van der Waals surface area (Å²) in [5, 5.41) is 11.6. The van der Waals surface area contributed by atoms with Gasteiger partial charge in [-0.05, 0) is 42.7 Å². The fourth-order valence-electron chi connectivity index (χ4n) is 6.22. The van der Waals surface area contributed by atoms with Crippen LogP contribution in [0.1, 0.15) is 43.2 Å². The van der Waals surface area contributed by atoms with E-state index in [4.69, 9.17) is 16.2 Å². The lowest BCUT2D eigenvalue weighted by atomic mass is 9.97. The first-order chi connectivity index (χ1) is 20.0. The van der Waals surface area contributed by atoms with E-state index in [0.29, 0.717) is 28.9 Å². The Labute approximate surface area is 242 Å². The first-order valence-corrected chi connectivity index (χ1v) is 14.1. The molecule has 3 amide bonds. The van der Waals surface area contributed by atoms with E-state index in [1.165, 1.54) is 4.90 Å². The molecule has 0 spiro atoms. The van der Waals surface area contributed by atoms with Crippen LogP contribution >= 0.6 is 0 Å². The molecule has 2 aromatic carbocycles.